The van der Waals surface area contributed by atoms with Gasteiger partial charge in [-0.1, -0.05) is 11.6 Å². The first kappa shape index (κ1) is 12.7. The quantitative estimate of drug-likeness (QED) is 0.802. The average molecular weight is 252 g/mol. The summed E-state index contributed by atoms with van der Waals surface area (Å²) in [7, 11) is 1.11. The fourth-order valence-electron chi connectivity index (χ4n) is 1.14. The standard InChI is InChI=1S/C9H8ClF2NO3/c1-16-8-4(10)2-3(5(11)6(8)12)7(13)9(14)15/h2,7H,13H2,1H3,(H,14,15). The molecule has 0 heterocycles. The van der Waals surface area contributed by atoms with E-state index in [0.717, 1.165) is 13.2 Å². The van der Waals surface area contributed by atoms with Gasteiger partial charge in [-0.25, -0.2) is 4.39 Å². The number of rotatable bonds is 3. The number of hydrogen-bond donors (Lipinski definition) is 2. The van der Waals surface area contributed by atoms with E-state index >= 15 is 0 Å². The molecule has 0 radical (unpaired) electrons. The molecule has 4 nitrogen and oxygen atoms in total. The third-order valence-corrected chi connectivity index (χ3v) is 2.23. The number of hydrogen-bond acceptors (Lipinski definition) is 3. The van der Waals surface area contributed by atoms with Gasteiger partial charge in [0.15, 0.2) is 11.6 Å². The molecule has 0 saturated heterocycles. The molecule has 0 fully saturated rings. The van der Waals surface area contributed by atoms with Crippen LogP contribution in [0.4, 0.5) is 8.78 Å². The first-order valence-electron chi connectivity index (χ1n) is 4.10. The summed E-state index contributed by atoms with van der Waals surface area (Å²) in [6.07, 6.45) is 0. The molecule has 3 N–H and O–H groups in total. The van der Waals surface area contributed by atoms with Crippen LogP contribution >= 0.6 is 11.6 Å². The van der Waals surface area contributed by atoms with Crippen LogP contribution in [0.25, 0.3) is 0 Å². The summed E-state index contributed by atoms with van der Waals surface area (Å²) in [6, 6.07) is -0.754. The van der Waals surface area contributed by atoms with Gasteiger partial charge >= 0.3 is 5.97 Å². The molecular weight excluding hydrogens is 244 g/mol. The van der Waals surface area contributed by atoms with Gasteiger partial charge in [0.2, 0.25) is 5.82 Å². The number of halogens is 3. The Balaban J connectivity index is 3.39. The third kappa shape index (κ3) is 2.07. The minimum absolute atomic E-state index is 0.242. The van der Waals surface area contributed by atoms with E-state index in [2.05, 4.69) is 4.74 Å². The second-order valence-electron chi connectivity index (χ2n) is 2.92. The summed E-state index contributed by atoms with van der Waals surface area (Å²) in [5.41, 5.74) is 4.63. The highest BCUT2D eigenvalue weighted by atomic mass is 35.5. The van der Waals surface area contributed by atoms with Crippen LogP contribution in [0.15, 0.2) is 6.07 Å². The van der Waals surface area contributed by atoms with Crippen LogP contribution in [0, 0.1) is 11.6 Å². The summed E-state index contributed by atoms with van der Waals surface area (Å²) >= 11 is 5.58. The number of benzene rings is 1. The molecule has 16 heavy (non-hydrogen) atoms. The smallest absolute Gasteiger partial charge is 0.325 e. The molecule has 0 aromatic heterocycles. The molecule has 0 aliphatic heterocycles. The van der Waals surface area contributed by atoms with Gasteiger partial charge in [0.05, 0.1) is 12.1 Å². The monoisotopic (exact) mass is 251 g/mol. The number of aliphatic carboxylic acids is 1. The van der Waals surface area contributed by atoms with Crippen molar-refractivity contribution in [2.45, 2.75) is 6.04 Å². The van der Waals surface area contributed by atoms with Crippen LogP contribution in [0.3, 0.4) is 0 Å². The molecule has 0 amide bonds. The highest BCUT2D eigenvalue weighted by molar-refractivity contribution is 6.32. The molecule has 0 aliphatic rings. The van der Waals surface area contributed by atoms with Gasteiger partial charge in [0.1, 0.15) is 6.04 Å². The molecule has 0 aliphatic carbocycles. The van der Waals surface area contributed by atoms with E-state index in [0.29, 0.717) is 0 Å². The van der Waals surface area contributed by atoms with Crippen LogP contribution in [0.5, 0.6) is 5.75 Å². The minimum atomic E-state index is -1.68. The van der Waals surface area contributed by atoms with Crippen molar-refractivity contribution >= 4 is 17.6 Å². The van der Waals surface area contributed by atoms with Crippen LogP contribution in [-0.4, -0.2) is 18.2 Å². The van der Waals surface area contributed by atoms with Crippen LogP contribution < -0.4 is 10.5 Å². The summed E-state index contributed by atoms with van der Waals surface area (Å²) in [4.78, 5) is 10.5. The van der Waals surface area contributed by atoms with Crippen LogP contribution in [-0.2, 0) is 4.79 Å². The molecule has 0 spiro atoms. The van der Waals surface area contributed by atoms with Gasteiger partial charge in [-0.05, 0) is 6.07 Å². The van der Waals surface area contributed by atoms with E-state index in [1.54, 1.807) is 0 Å². The molecule has 1 atom stereocenters. The van der Waals surface area contributed by atoms with Crippen molar-refractivity contribution in [3.63, 3.8) is 0 Å². The Hall–Kier alpha value is -1.40. The first-order valence-corrected chi connectivity index (χ1v) is 4.47. The Morgan fingerprint density at radius 1 is 1.56 bits per heavy atom. The third-order valence-electron chi connectivity index (χ3n) is 1.95. The largest absolute Gasteiger partial charge is 0.492 e. The van der Waals surface area contributed by atoms with Crippen molar-refractivity contribution in [2.75, 3.05) is 7.11 Å². The van der Waals surface area contributed by atoms with Crippen molar-refractivity contribution in [3.8, 4) is 5.75 Å². The second kappa shape index (κ2) is 4.63. The Bertz CT molecular complexity index is 439. The lowest BCUT2D eigenvalue weighted by atomic mass is 10.1. The van der Waals surface area contributed by atoms with Crippen molar-refractivity contribution < 1.29 is 23.4 Å². The summed E-state index contributed by atoms with van der Waals surface area (Å²) in [5.74, 6) is -4.71. The molecule has 1 aromatic carbocycles. The van der Waals surface area contributed by atoms with Gasteiger partial charge in [-0.2, -0.15) is 4.39 Å². The van der Waals surface area contributed by atoms with E-state index < -0.39 is 35.0 Å². The molecule has 0 saturated carbocycles. The molecule has 7 heteroatoms. The van der Waals surface area contributed by atoms with Gasteiger partial charge < -0.3 is 15.6 Å². The highest BCUT2D eigenvalue weighted by Crippen LogP contribution is 2.33. The molecule has 1 unspecified atom stereocenters. The van der Waals surface area contributed by atoms with Gasteiger partial charge in [-0.15, -0.1) is 0 Å². The number of carboxylic acid groups (broad SMARTS) is 1. The van der Waals surface area contributed by atoms with Crippen molar-refractivity contribution in [3.05, 3.63) is 28.3 Å². The lowest BCUT2D eigenvalue weighted by Crippen LogP contribution is -2.22. The summed E-state index contributed by atoms with van der Waals surface area (Å²) in [5, 5.41) is 8.34. The second-order valence-corrected chi connectivity index (χ2v) is 3.33. The zero-order valence-corrected chi connectivity index (χ0v) is 8.89. The number of ether oxygens (including phenoxy) is 1. The predicted octanol–water partition coefficient (Wildman–Crippen LogP) is 1.71. The van der Waals surface area contributed by atoms with Crippen LogP contribution in [0.2, 0.25) is 5.02 Å². The molecule has 88 valence electrons. The number of nitrogens with two attached hydrogens (primary N) is 1. The Morgan fingerprint density at radius 2 is 2.12 bits per heavy atom. The summed E-state index contributed by atoms with van der Waals surface area (Å²) < 4.78 is 31.2. The predicted molar refractivity (Wildman–Crippen MR) is 52.5 cm³/mol. The number of methoxy groups -OCH3 is 1. The molecular formula is C9H8ClF2NO3. The molecule has 1 aromatic rings. The van der Waals surface area contributed by atoms with Gasteiger partial charge in [-0.3, -0.25) is 4.79 Å². The lowest BCUT2D eigenvalue weighted by molar-refractivity contribution is -0.138. The zero-order valence-electron chi connectivity index (χ0n) is 8.13. The molecule has 1 rings (SSSR count). The maximum Gasteiger partial charge on any atom is 0.325 e. The van der Waals surface area contributed by atoms with E-state index in [4.69, 9.17) is 22.4 Å². The highest BCUT2D eigenvalue weighted by Gasteiger charge is 2.25. The zero-order chi connectivity index (χ0) is 12.5. The number of carbonyl (C=O) groups is 1. The fourth-order valence-corrected chi connectivity index (χ4v) is 1.42. The van der Waals surface area contributed by atoms with Gasteiger partial charge in [0.25, 0.3) is 0 Å². The number of carboxylic acids is 1. The first-order chi connectivity index (χ1) is 7.40. The summed E-state index contributed by atoms with van der Waals surface area (Å²) in [6.45, 7) is 0. The van der Waals surface area contributed by atoms with Crippen molar-refractivity contribution in [1.29, 1.82) is 0 Å². The Labute approximate surface area is 94.6 Å². The fraction of sp³-hybridized carbons (Fsp3) is 0.222. The maximum absolute atomic E-state index is 13.4. The average Bonchev–Trinajstić information content (AvgIpc) is 2.23. The molecule has 0 bridgehead atoms. The van der Waals surface area contributed by atoms with E-state index in [9.17, 15) is 13.6 Å². The van der Waals surface area contributed by atoms with Crippen molar-refractivity contribution in [1.82, 2.24) is 0 Å². The topological polar surface area (TPSA) is 72.5 Å². The van der Waals surface area contributed by atoms with E-state index in [-0.39, 0.29) is 5.02 Å². The van der Waals surface area contributed by atoms with Crippen molar-refractivity contribution in [2.24, 2.45) is 5.73 Å². The Kier molecular flexibility index (Phi) is 3.66. The Morgan fingerprint density at radius 3 is 2.56 bits per heavy atom. The normalized spacial score (nSPS) is 12.3. The SMILES string of the molecule is COc1c(Cl)cc(C(N)C(=O)O)c(F)c1F. The lowest BCUT2D eigenvalue weighted by Gasteiger charge is -2.12. The minimum Gasteiger partial charge on any atom is -0.492 e. The van der Waals surface area contributed by atoms with Crippen LogP contribution in [0.1, 0.15) is 11.6 Å². The van der Waals surface area contributed by atoms with E-state index in [1.807, 2.05) is 0 Å². The van der Waals surface area contributed by atoms with E-state index in [1.165, 1.54) is 0 Å². The maximum atomic E-state index is 13.4. The van der Waals surface area contributed by atoms with Gasteiger partial charge in [0, 0.05) is 5.56 Å².